The van der Waals surface area contributed by atoms with E-state index in [1.54, 1.807) is 6.07 Å². The van der Waals surface area contributed by atoms with Gasteiger partial charge in [-0.1, -0.05) is 12.1 Å². The molecule has 1 aliphatic heterocycles. The van der Waals surface area contributed by atoms with Crippen molar-refractivity contribution in [3.8, 4) is 0 Å². The Morgan fingerprint density at radius 1 is 1.28 bits per heavy atom. The summed E-state index contributed by atoms with van der Waals surface area (Å²) in [6.07, 6.45) is 0. The van der Waals surface area contributed by atoms with Crippen molar-refractivity contribution in [1.29, 1.82) is 0 Å². The fraction of sp³-hybridized carbons (Fsp3) is 0.500. The third kappa shape index (κ3) is 4.07. The minimum absolute atomic E-state index is 0. The Balaban J connectivity index is 0.00000144. The quantitative estimate of drug-likeness (QED) is 0.870. The second-order valence-corrected chi connectivity index (χ2v) is 4.96. The first-order valence-corrected chi connectivity index (χ1v) is 6.38. The number of halogens is 4. The van der Waals surface area contributed by atoms with Crippen LogP contribution in [0.15, 0.2) is 22.7 Å². The molecular weight excluding hydrogens is 342 g/mol. The molecule has 18 heavy (non-hydrogen) atoms. The Morgan fingerprint density at radius 3 is 2.50 bits per heavy atom. The van der Waals surface area contributed by atoms with Crippen molar-refractivity contribution in [3.05, 3.63) is 34.1 Å². The largest absolute Gasteiger partial charge is 0.314 e. The molecule has 1 heterocycles. The first-order chi connectivity index (χ1) is 7.70. The van der Waals surface area contributed by atoms with Crippen molar-refractivity contribution in [2.45, 2.75) is 13.0 Å². The molecule has 104 valence electrons. The number of hydrogen-bond acceptors (Lipinski definition) is 2. The van der Waals surface area contributed by atoms with E-state index >= 15 is 0 Å². The van der Waals surface area contributed by atoms with E-state index < -0.39 is 0 Å². The number of piperazine rings is 1. The standard InChI is InChI=1S/C12H16BrFN2.2ClH/c1-9(16-7-5-15-6-8-16)10-3-2-4-11(13)12(10)14;;/h2-4,9,15H,5-8H2,1H3;2*1H/t9-;;/m0../s1. The van der Waals surface area contributed by atoms with Gasteiger partial charge in [0.25, 0.3) is 0 Å². The van der Waals surface area contributed by atoms with Crippen molar-refractivity contribution >= 4 is 40.7 Å². The highest BCUT2D eigenvalue weighted by Gasteiger charge is 2.21. The summed E-state index contributed by atoms with van der Waals surface area (Å²) >= 11 is 3.23. The molecule has 1 aromatic rings. The third-order valence-corrected chi connectivity index (χ3v) is 3.74. The Labute approximate surface area is 128 Å². The Morgan fingerprint density at radius 2 is 1.89 bits per heavy atom. The molecule has 1 aromatic carbocycles. The molecule has 0 amide bonds. The van der Waals surface area contributed by atoms with Gasteiger partial charge in [0.15, 0.2) is 0 Å². The van der Waals surface area contributed by atoms with E-state index in [0.29, 0.717) is 4.47 Å². The van der Waals surface area contributed by atoms with Crippen LogP contribution in [-0.2, 0) is 0 Å². The number of benzene rings is 1. The van der Waals surface area contributed by atoms with Crippen LogP contribution < -0.4 is 5.32 Å². The normalized spacial score (nSPS) is 17.5. The van der Waals surface area contributed by atoms with Gasteiger partial charge < -0.3 is 5.32 Å². The molecule has 1 fully saturated rings. The van der Waals surface area contributed by atoms with E-state index in [2.05, 4.69) is 33.1 Å². The molecule has 0 aromatic heterocycles. The molecule has 1 aliphatic rings. The summed E-state index contributed by atoms with van der Waals surface area (Å²) < 4.78 is 14.5. The Bertz CT molecular complexity index is 373. The van der Waals surface area contributed by atoms with E-state index in [0.717, 1.165) is 31.7 Å². The SMILES string of the molecule is C[C@@H](c1cccc(Br)c1F)N1CCNCC1.Cl.Cl. The average Bonchev–Trinajstić information content (AvgIpc) is 2.33. The van der Waals surface area contributed by atoms with Crippen LogP contribution in [0.25, 0.3) is 0 Å². The van der Waals surface area contributed by atoms with E-state index in [1.807, 2.05) is 12.1 Å². The van der Waals surface area contributed by atoms with Crippen LogP contribution in [0.5, 0.6) is 0 Å². The molecule has 6 heteroatoms. The Kier molecular flexibility index (Phi) is 8.39. The van der Waals surface area contributed by atoms with Gasteiger partial charge in [-0.25, -0.2) is 4.39 Å². The number of rotatable bonds is 2. The van der Waals surface area contributed by atoms with Gasteiger partial charge >= 0.3 is 0 Å². The van der Waals surface area contributed by atoms with E-state index in [9.17, 15) is 4.39 Å². The van der Waals surface area contributed by atoms with Gasteiger partial charge in [0.2, 0.25) is 0 Å². The summed E-state index contributed by atoms with van der Waals surface area (Å²) in [5, 5.41) is 3.30. The zero-order valence-corrected chi connectivity index (χ0v) is 13.4. The van der Waals surface area contributed by atoms with Crippen molar-refractivity contribution in [1.82, 2.24) is 10.2 Å². The molecule has 1 N–H and O–H groups in total. The molecule has 1 saturated heterocycles. The van der Waals surface area contributed by atoms with Crippen LogP contribution in [-0.4, -0.2) is 31.1 Å². The maximum Gasteiger partial charge on any atom is 0.142 e. The van der Waals surface area contributed by atoms with Gasteiger partial charge in [0, 0.05) is 37.8 Å². The summed E-state index contributed by atoms with van der Waals surface area (Å²) in [4.78, 5) is 2.31. The number of nitrogens with one attached hydrogen (secondary N) is 1. The van der Waals surface area contributed by atoms with Crippen LogP contribution in [0.3, 0.4) is 0 Å². The molecule has 0 unspecified atom stereocenters. The zero-order valence-electron chi connectivity index (χ0n) is 10.2. The minimum atomic E-state index is -0.131. The molecule has 0 aliphatic carbocycles. The van der Waals surface area contributed by atoms with E-state index in [4.69, 9.17) is 0 Å². The maximum atomic E-state index is 13.9. The first kappa shape index (κ1) is 18.1. The summed E-state index contributed by atoms with van der Waals surface area (Å²) in [6.45, 7) is 6.00. The van der Waals surface area contributed by atoms with Gasteiger partial charge in [-0.05, 0) is 28.9 Å². The van der Waals surface area contributed by atoms with Gasteiger partial charge in [0.1, 0.15) is 5.82 Å². The third-order valence-electron chi connectivity index (χ3n) is 3.13. The predicted molar refractivity (Wildman–Crippen MR) is 81.5 cm³/mol. The van der Waals surface area contributed by atoms with Crippen LogP contribution in [0.2, 0.25) is 0 Å². The molecule has 0 bridgehead atoms. The highest BCUT2D eigenvalue weighted by molar-refractivity contribution is 9.10. The van der Waals surface area contributed by atoms with E-state index in [1.165, 1.54) is 0 Å². The number of hydrogen-bond donors (Lipinski definition) is 1. The lowest BCUT2D eigenvalue weighted by Crippen LogP contribution is -2.44. The number of nitrogens with zero attached hydrogens (tertiary/aromatic N) is 1. The predicted octanol–water partition coefficient (Wildman–Crippen LogP) is 3.40. The lowest BCUT2D eigenvalue weighted by molar-refractivity contribution is 0.182. The van der Waals surface area contributed by atoms with Gasteiger partial charge in [-0.15, -0.1) is 24.8 Å². The smallest absolute Gasteiger partial charge is 0.142 e. The molecule has 0 radical (unpaired) electrons. The Hall–Kier alpha value is 0.130. The summed E-state index contributed by atoms with van der Waals surface area (Å²) in [5.41, 5.74) is 0.774. The second kappa shape index (κ2) is 8.33. The zero-order chi connectivity index (χ0) is 11.5. The molecule has 1 atom stereocenters. The maximum absolute atomic E-state index is 13.9. The minimum Gasteiger partial charge on any atom is -0.314 e. The molecule has 2 nitrogen and oxygen atoms in total. The van der Waals surface area contributed by atoms with Crippen molar-refractivity contribution in [2.75, 3.05) is 26.2 Å². The van der Waals surface area contributed by atoms with Gasteiger partial charge in [0.05, 0.1) is 4.47 Å². The summed E-state index contributed by atoms with van der Waals surface area (Å²) in [7, 11) is 0. The lowest BCUT2D eigenvalue weighted by Gasteiger charge is -2.33. The van der Waals surface area contributed by atoms with Crippen LogP contribution in [0.4, 0.5) is 4.39 Å². The lowest BCUT2D eigenvalue weighted by atomic mass is 10.1. The molecule has 0 spiro atoms. The van der Waals surface area contributed by atoms with Crippen LogP contribution >= 0.6 is 40.7 Å². The molecular formula is C12H18BrCl2FN2. The molecule has 2 rings (SSSR count). The van der Waals surface area contributed by atoms with Crippen molar-refractivity contribution in [3.63, 3.8) is 0 Å². The monoisotopic (exact) mass is 358 g/mol. The van der Waals surface area contributed by atoms with Crippen LogP contribution in [0.1, 0.15) is 18.5 Å². The van der Waals surface area contributed by atoms with Gasteiger partial charge in [-0.3, -0.25) is 4.90 Å². The topological polar surface area (TPSA) is 15.3 Å². The fourth-order valence-corrected chi connectivity index (χ4v) is 2.49. The second-order valence-electron chi connectivity index (χ2n) is 4.10. The summed E-state index contributed by atoms with van der Waals surface area (Å²) in [5.74, 6) is -0.131. The van der Waals surface area contributed by atoms with Crippen LogP contribution in [0, 0.1) is 5.82 Å². The van der Waals surface area contributed by atoms with Crippen molar-refractivity contribution in [2.24, 2.45) is 0 Å². The van der Waals surface area contributed by atoms with Gasteiger partial charge in [-0.2, -0.15) is 0 Å². The summed E-state index contributed by atoms with van der Waals surface area (Å²) in [6, 6.07) is 5.64. The average molecular weight is 360 g/mol. The fourth-order valence-electron chi connectivity index (χ4n) is 2.11. The highest BCUT2D eigenvalue weighted by Crippen LogP contribution is 2.27. The van der Waals surface area contributed by atoms with E-state index in [-0.39, 0.29) is 36.7 Å². The highest BCUT2D eigenvalue weighted by atomic mass is 79.9. The first-order valence-electron chi connectivity index (χ1n) is 5.59. The molecule has 0 saturated carbocycles. The van der Waals surface area contributed by atoms with Crippen molar-refractivity contribution < 1.29 is 4.39 Å².